The van der Waals surface area contributed by atoms with Crippen LogP contribution >= 0.6 is 0 Å². The van der Waals surface area contributed by atoms with Crippen LogP contribution in [0.2, 0.25) is 0 Å². The van der Waals surface area contributed by atoms with Gasteiger partial charge in [0.15, 0.2) is 0 Å². The number of nitrogens with one attached hydrogen (secondary N) is 2. The maximum absolute atomic E-state index is 12.6. The molecule has 6 rings (SSSR count). The van der Waals surface area contributed by atoms with Crippen molar-refractivity contribution in [3.05, 3.63) is 52.6 Å². The molecule has 3 aliphatic heterocycles. The highest BCUT2D eigenvalue weighted by Gasteiger charge is 2.53. The van der Waals surface area contributed by atoms with E-state index in [9.17, 15) is 9.59 Å². The number of fused-ring (bicyclic) bond motifs is 1. The van der Waals surface area contributed by atoms with E-state index in [0.717, 1.165) is 64.3 Å². The molecule has 33 heavy (non-hydrogen) atoms. The van der Waals surface area contributed by atoms with Crippen LogP contribution in [0.25, 0.3) is 5.69 Å². The van der Waals surface area contributed by atoms with E-state index in [2.05, 4.69) is 32.7 Å². The Morgan fingerprint density at radius 2 is 1.82 bits per heavy atom. The van der Waals surface area contributed by atoms with E-state index in [4.69, 9.17) is 5.73 Å². The molecule has 9 heteroatoms. The summed E-state index contributed by atoms with van der Waals surface area (Å²) in [7, 11) is 0. The summed E-state index contributed by atoms with van der Waals surface area (Å²) in [6.45, 7) is 6.66. The van der Waals surface area contributed by atoms with Crippen LogP contribution < -0.4 is 22.1 Å². The number of hydrogen-bond donors (Lipinski definition) is 3. The quantitative estimate of drug-likeness (QED) is 0.638. The zero-order valence-electron chi connectivity index (χ0n) is 18.7. The number of benzene rings is 1. The minimum Gasteiger partial charge on any atom is -0.327 e. The Labute approximate surface area is 193 Å². The molecule has 4 fully saturated rings. The summed E-state index contributed by atoms with van der Waals surface area (Å²) in [6, 6.07) is 9.90. The highest BCUT2D eigenvalue weighted by molar-refractivity contribution is 5.88. The molecule has 1 spiro atoms. The van der Waals surface area contributed by atoms with E-state index in [1.54, 1.807) is 12.3 Å². The van der Waals surface area contributed by atoms with E-state index >= 15 is 0 Å². The number of nitrogens with two attached hydrogens (primary N) is 1. The van der Waals surface area contributed by atoms with Crippen molar-refractivity contribution in [3.8, 4) is 5.69 Å². The van der Waals surface area contributed by atoms with Crippen LogP contribution in [-0.2, 0) is 6.54 Å². The molecule has 0 bridgehead atoms. The maximum atomic E-state index is 12.6. The van der Waals surface area contributed by atoms with Crippen molar-refractivity contribution in [3.63, 3.8) is 0 Å². The predicted molar refractivity (Wildman–Crippen MR) is 125 cm³/mol. The van der Waals surface area contributed by atoms with Gasteiger partial charge in [0.05, 0.1) is 5.69 Å². The van der Waals surface area contributed by atoms with Crippen molar-refractivity contribution in [2.24, 2.45) is 23.0 Å². The fraction of sp³-hybridized carbons (Fsp3) is 0.542. The number of urea groups is 1. The Kier molecular flexibility index (Phi) is 5.01. The topological polar surface area (TPSA) is 109 Å². The van der Waals surface area contributed by atoms with Gasteiger partial charge < -0.3 is 16.0 Å². The third kappa shape index (κ3) is 3.94. The SMILES string of the molecule is NC1C2CN(Cc3ccc(-n4ccc(NC(=O)N5CCC6(CC5)CNC6)nc4=O)cc3)CC12. The zero-order chi connectivity index (χ0) is 22.6. The highest BCUT2D eigenvalue weighted by Crippen LogP contribution is 2.44. The summed E-state index contributed by atoms with van der Waals surface area (Å²) in [4.78, 5) is 33.6. The van der Waals surface area contributed by atoms with Gasteiger partial charge in [-0.3, -0.25) is 14.8 Å². The number of nitrogens with zero attached hydrogens (tertiary/aromatic N) is 4. The number of likely N-dealkylation sites (tertiary alicyclic amines) is 2. The van der Waals surface area contributed by atoms with Gasteiger partial charge in [-0.2, -0.15) is 4.98 Å². The first-order chi connectivity index (χ1) is 16.0. The largest absolute Gasteiger partial charge is 0.354 e. The van der Waals surface area contributed by atoms with Gasteiger partial charge >= 0.3 is 11.7 Å². The molecule has 4 N–H and O–H groups in total. The number of rotatable bonds is 4. The van der Waals surface area contributed by atoms with Gasteiger partial charge in [-0.15, -0.1) is 0 Å². The van der Waals surface area contributed by atoms with Crippen molar-refractivity contribution >= 4 is 11.8 Å². The molecule has 2 unspecified atom stereocenters. The van der Waals surface area contributed by atoms with Crippen LogP contribution in [0.3, 0.4) is 0 Å². The van der Waals surface area contributed by atoms with Crippen molar-refractivity contribution in [1.29, 1.82) is 0 Å². The molecule has 3 saturated heterocycles. The fourth-order valence-electron chi connectivity index (χ4n) is 5.68. The molecule has 4 heterocycles. The standard InChI is InChI=1S/C24H31N7O2/c25-21-18-12-29(13-19(18)21)11-16-1-3-17(4-2-16)31-8-5-20(28-23(31)33)27-22(32)30-9-6-24(7-10-30)14-26-15-24/h1-5,8,18-19,21,26H,6-7,9-15,25H2,(H,27,28,32,33). The van der Waals surface area contributed by atoms with E-state index in [0.29, 0.717) is 23.3 Å². The second-order valence-corrected chi connectivity index (χ2v) is 10.3. The molecule has 2 aromatic rings. The van der Waals surface area contributed by atoms with Crippen LogP contribution in [0, 0.1) is 17.3 Å². The Morgan fingerprint density at radius 1 is 1.12 bits per heavy atom. The molecule has 1 aromatic heterocycles. The first-order valence-corrected chi connectivity index (χ1v) is 11.9. The van der Waals surface area contributed by atoms with Crippen molar-refractivity contribution in [2.45, 2.75) is 25.4 Å². The molecule has 1 aliphatic carbocycles. The molecule has 174 valence electrons. The predicted octanol–water partition coefficient (Wildman–Crippen LogP) is 0.839. The summed E-state index contributed by atoms with van der Waals surface area (Å²) >= 11 is 0. The van der Waals surface area contributed by atoms with Crippen LogP contribution in [0.4, 0.5) is 10.6 Å². The average molecular weight is 450 g/mol. The smallest absolute Gasteiger partial charge is 0.327 e. The normalized spacial score (nSPS) is 27.8. The number of amides is 2. The highest BCUT2D eigenvalue weighted by atomic mass is 16.2. The second-order valence-electron chi connectivity index (χ2n) is 10.3. The monoisotopic (exact) mass is 449 g/mol. The summed E-state index contributed by atoms with van der Waals surface area (Å²) in [6.07, 6.45) is 3.70. The second kappa shape index (κ2) is 7.93. The van der Waals surface area contributed by atoms with Gasteiger partial charge in [-0.05, 0) is 53.9 Å². The van der Waals surface area contributed by atoms with Gasteiger partial charge in [0.1, 0.15) is 5.82 Å². The lowest BCUT2D eigenvalue weighted by molar-refractivity contribution is 0.0718. The van der Waals surface area contributed by atoms with Crippen LogP contribution in [0.15, 0.2) is 41.3 Å². The Morgan fingerprint density at radius 3 is 2.42 bits per heavy atom. The molecule has 2 amide bonds. The Hall–Kier alpha value is -2.75. The van der Waals surface area contributed by atoms with Gasteiger partial charge in [0, 0.05) is 58.1 Å². The number of hydrogen-bond acceptors (Lipinski definition) is 6. The van der Waals surface area contributed by atoms with Gasteiger partial charge in [-0.25, -0.2) is 9.59 Å². The van der Waals surface area contributed by atoms with Crippen LogP contribution in [-0.4, -0.2) is 70.7 Å². The first kappa shape index (κ1) is 20.8. The lowest BCUT2D eigenvalue weighted by Gasteiger charge is -2.48. The summed E-state index contributed by atoms with van der Waals surface area (Å²) in [5.41, 5.74) is 7.98. The van der Waals surface area contributed by atoms with Crippen molar-refractivity contribution < 1.29 is 4.79 Å². The molecular formula is C24H31N7O2. The van der Waals surface area contributed by atoms with E-state index in [1.807, 2.05) is 17.0 Å². The molecule has 0 radical (unpaired) electrons. The van der Waals surface area contributed by atoms with Gasteiger partial charge in [-0.1, -0.05) is 12.1 Å². The molecule has 2 atom stereocenters. The number of anilines is 1. The van der Waals surface area contributed by atoms with Crippen LogP contribution in [0.5, 0.6) is 0 Å². The Balaban J connectivity index is 1.06. The molecule has 1 saturated carbocycles. The van der Waals surface area contributed by atoms with E-state index < -0.39 is 5.69 Å². The first-order valence-electron chi connectivity index (χ1n) is 11.9. The zero-order valence-corrected chi connectivity index (χ0v) is 18.7. The van der Waals surface area contributed by atoms with Gasteiger partial charge in [0.2, 0.25) is 0 Å². The fourth-order valence-corrected chi connectivity index (χ4v) is 5.68. The third-order valence-electron chi connectivity index (χ3n) is 8.11. The molecule has 4 aliphatic rings. The Bertz CT molecular complexity index is 1090. The minimum atomic E-state index is -0.410. The van der Waals surface area contributed by atoms with E-state index in [1.165, 1.54) is 10.1 Å². The van der Waals surface area contributed by atoms with Crippen LogP contribution in [0.1, 0.15) is 18.4 Å². The minimum absolute atomic E-state index is 0.188. The summed E-state index contributed by atoms with van der Waals surface area (Å²) in [5.74, 6) is 1.65. The summed E-state index contributed by atoms with van der Waals surface area (Å²) < 4.78 is 1.50. The lowest BCUT2D eigenvalue weighted by atomic mass is 9.73. The maximum Gasteiger partial charge on any atom is 0.354 e. The summed E-state index contributed by atoms with van der Waals surface area (Å²) in [5, 5.41) is 6.12. The van der Waals surface area contributed by atoms with Gasteiger partial charge in [0.25, 0.3) is 0 Å². The molecular weight excluding hydrogens is 418 g/mol. The number of carbonyl (C=O) groups excluding carboxylic acids is 1. The number of aromatic nitrogens is 2. The van der Waals surface area contributed by atoms with Crippen molar-refractivity contribution in [1.82, 2.24) is 24.7 Å². The average Bonchev–Trinajstić information content (AvgIpc) is 3.18. The van der Waals surface area contributed by atoms with Crippen molar-refractivity contribution in [2.75, 3.05) is 44.6 Å². The lowest BCUT2D eigenvalue weighted by Crippen LogP contribution is -2.59. The van der Waals surface area contributed by atoms with E-state index in [-0.39, 0.29) is 11.8 Å². The molecule has 9 nitrogen and oxygen atoms in total. The molecule has 1 aromatic carbocycles. The number of piperidine rings is 2. The third-order valence-corrected chi connectivity index (χ3v) is 8.11. The number of carbonyl (C=O) groups is 1.